The summed E-state index contributed by atoms with van der Waals surface area (Å²) in [6.45, 7) is 3.11. The van der Waals surface area contributed by atoms with Gasteiger partial charge in [-0.25, -0.2) is 4.79 Å². The summed E-state index contributed by atoms with van der Waals surface area (Å²) in [7, 11) is 0. The van der Waals surface area contributed by atoms with Crippen LogP contribution in [0.2, 0.25) is 0 Å². The van der Waals surface area contributed by atoms with Gasteiger partial charge >= 0.3 is 29.9 Å². The fraction of sp³-hybridized carbons (Fsp3) is 0.727. The smallest absolute Gasteiger partial charge is 0.460 e. The minimum absolute atomic E-state index is 0.176. The van der Waals surface area contributed by atoms with Crippen molar-refractivity contribution >= 4 is 5.97 Å². The van der Waals surface area contributed by atoms with Crippen molar-refractivity contribution in [2.24, 2.45) is 0 Å². The third kappa shape index (κ3) is 5.85. The molecule has 0 aliphatic rings. The van der Waals surface area contributed by atoms with Crippen molar-refractivity contribution in [2.75, 3.05) is 6.61 Å². The van der Waals surface area contributed by atoms with Gasteiger partial charge in [0.1, 0.15) is 0 Å². The number of carboxylic acids is 1. The topological polar surface area (TPSA) is 77.8 Å². The zero-order chi connectivity index (χ0) is 20.1. The molecule has 0 spiro atoms. The van der Waals surface area contributed by atoms with E-state index in [1.807, 2.05) is 0 Å². The summed E-state index contributed by atoms with van der Waals surface area (Å²) in [5, 5.41) is 24.4. The average Bonchev–Trinajstić information content (AvgIpc) is 2.36. The molecule has 0 saturated heterocycles. The van der Waals surface area contributed by atoms with Crippen molar-refractivity contribution in [1.29, 1.82) is 0 Å². The zero-order valence-electron chi connectivity index (χ0n) is 11.9. The van der Waals surface area contributed by atoms with Gasteiger partial charge in [0, 0.05) is 12.0 Å². The first kappa shape index (κ1) is 24.7. The predicted octanol–water partition coefficient (Wildman–Crippen LogP) is 2.85. The first-order chi connectivity index (χ1) is 10.3. The Morgan fingerprint density at radius 3 is 1.54 bits per heavy atom. The fourth-order valence-electron chi connectivity index (χ4n) is 0.896. The SMILES string of the molecule is C=C(C)C(=O)O.OCC(O)CC(F)(F)C(F)(F)C(F)(F)C(F)(F)F. The molecule has 0 heterocycles. The summed E-state index contributed by atoms with van der Waals surface area (Å²) in [5.41, 5.74) is 0.176. The molecule has 0 aromatic carbocycles. The van der Waals surface area contributed by atoms with Gasteiger partial charge in [-0.1, -0.05) is 6.58 Å². The Hall–Kier alpha value is -1.50. The van der Waals surface area contributed by atoms with Crippen LogP contribution in [-0.2, 0) is 4.79 Å². The summed E-state index contributed by atoms with van der Waals surface area (Å²) >= 11 is 0. The van der Waals surface area contributed by atoms with Gasteiger partial charge in [0.25, 0.3) is 0 Å². The van der Waals surface area contributed by atoms with Crippen molar-refractivity contribution in [2.45, 2.75) is 43.4 Å². The van der Waals surface area contributed by atoms with Crippen LogP contribution in [0.5, 0.6) is 0 Å². The Bertz CT molecular complexity index is 433. The van der Waals surface area contributed by atoms with Gasteiger partial charge in [0.05, 0.1) is 12.7 Å². The van der Waals surface area contributed by atoms with Crippen LogP contribution >= 0.6 is 0 Å². The number of hydrogen-bond acceptors (Lipinski definition) is 3. The van der Waals surface area contributed by atoms with Crippen molar-refractivity contribution in [3.8, 4) is 0 Å². The lowest BCUT2D eigenvalue weighted by molar-refractivity contribution is -0.398. The van der Waals surface area contributed by atoms with Crippen LogP contribution in [0.25, 0.3) is 0 Å². The molecule has 0 aromatic rings. The van der Waals surface area contributed by atoms with Crippen LogP contribution in [0.3, 0.4) is 0 Å². The van der Waals surface area contributed by atoms with Crippen LogP contribution in [0.15, 0.2) is 12.2 Å². The highest BCUT2D eigenvalue weighted by Crippen LogP contribution is 2.54. The Morgan fingerprint density at radius 1 is 1.00 bits per heavy atom. The summed E-state index contributed by atoms with van der Waals surface area (Å²) < 4.78 is 110. The highest BCUT2D eigenvalue weighted by molar-refractivity contribution is 5.84. The lowest BCUT2D eigenvalue weighted by atomic mass is 9.99. The molecule has 1 unspecified atom stereocenters. The lowest BCUT2D eigenvalue weighted by Gasteiger charge is -2.34. The monoisotopic (exact) mass is 380 g/mol. The molecule has 13 heteroatoms. The summed E-state index contributed by atoms with van der Waals surface area (Å²) in [6, 6.07) is 0. The molecule has 0 aliphatic carbocycles. The van der Waals surface area contributed by atoms with Crippen LogP contribution < -0.4 is 0 Å². The molecule has 1 atom stereocenters. The van der Waals surface area contributed by atoms with Gasteiger partial charge < -0.3 is 15.3 Å². The molecule has 0 saturated carbocycles. The molecule has 0 amide bonds. The first-order valence-corrected chi connectivity index (χ1v) is 5.73. The fourth-order valence-corrected chi connectivity index (χ4v) is 0.896. The molecule has 0 bridgehead atoms. The van der Waals surface area contributed by atoms with Crippen molar-refractivity contribution in [3.05, 3.63) is 12.2 Å². The molecule has 3 N–H and O–H groups in total. The van der Waals surface area contributed by atoms with E-state index >= 15 is 0 Å². The van der Waals surface area contributed by atoms with Crippen LogP contribution in [0.1, 0.15) is 13.3 Å². The van der Waals surface area contributed by atoms with E-state index in [4.69, 9.17) is 15.3 Å². The van der Waals surface area contributed by atoms with Gasteiger partial charge in [-0.15, -0.1) is 0 Å². The number of rotatable bonds is 6. The number of carboxylic acid groups (broad SMARTS) is 1. The van der Waals surface area contributed by atoms with E-state index in [1.54, 1.807) is 0 Å². The largest absolute Gasteiger partial charge is 0.478 e. The second-order valence-corrected chi connectivity index (χ2v) is 4.48. The van der Waals surface area contributed by atoms with Gasteiger partial charge in [-0.05, 0) is 6.92 Å². The van der Waals surface area contributed by atoms with E-state index in [2.05, 4.69) is 6.58 Å². The quantitative estimate of drug-likeness (QED) is 0.489. The summed E-state index contributed by atoms with van der Waals surface area (Å²) in [4.78, 5) is 9.60. The van der Waals surface area contributed by atoms with Gasteiger partial charge in [0.2, 0.25) is 0 Å². The minimum atomic E-state index is -6.97. The van der Waals surface area contributed by atoms with Crippen molar-refractivity contribution < 1.29 is 59.6 Å². The number of carbonyl (C=O) groups is 1. The van der Waals surface area contributed by atoms with Crippen LogP contribution in [-0.4, -0.2) is 57.9 Å². The predicted molar refractivity (Wildman–Crippen MR) is 61.1 cm³/mol. The number of hydrogen-bond donors (Lipinski definition) is 3. The molecule has 0 fully saturated rings. The Labute approximate surface area is 129 Å². The van der Waals surface area contributed by atoms with Crippen LogP contribution in [0, 0.1) is 0 Å². The average molecular weight is 380 g/mol. The number of halogens is 9. The van der Waals surface area contributed by atoms with Gasteiger partial charge in [-0.3, -0.25) is 0 Å². The minimum Gasteiger partial charge on any atom is -0.478 e. The number of alkyl halides is 9. The van der Waals surface area contributed by atoms with Crippen LogP contribution in [0.4, 0.5) is 39.5 Å². The molecular formula is C11H13F9O4. The van der Waals surface area contributed by atoms with E-state index in [0.29, 0.717) is 0 Å². The van der Waals surface area contributed by atoms with Crippen molar-refractivity contribution in [1.82, 2.24) is 0 Å². The second kappa shape index (κ2) is 8.05. The number of aliphatic carboxylic acids is 1. The first-order valence-electron chi connectivity index (χ1n) is 5.73. The maximum atomic E-state index is 12.7. The Balaban J connectivity index is 0. The second-order valence-electron chi connectivity index (χ2n) is 4.48. The third-order valence-electron chi connectivity index (χ3n) is 2.28. The summed E-state index contributed by atoms with van der Waals surface area (Å²) in [5.74, 6) is -20.5. The Morgan fingerprint density at radius 2 is 1.33 bits per heavy atom. The molecule has 0 aromatic heterocycles. The standard InChI is InChI=1S/C7H7F9O2.C4H6O2/c8-4(9,1-3(18)2-17)5(10,11)6(12,13)7(14,15)16;1-3(2)4(5)6/h3,17-18H,1-2H2;1H2,2H3,(H,5,6). The third-order valence-corrected chi connectivity index (χ3v) is 2.28. The highest BCUT2D eigenvalue weighted by Gasteiger charge is 2.81. The molecule has 0 aliphatic heterocycles. The van der Waals surface area contributed by atoms with E-state index in [1.165, 1.54) is 6.92 Å². The maximum Gasteiger partial charge on any atom is 0.460 e. The highest BCUT2D eigenvalue weighted by atomic mass is 19.4. The molecule has 0 radical (unpaired) electrons. The Kier molecular flexibility index (Phi) is 8.30. The normalized spacial score (nSPS) is 14.5. The van der Waals surface area contributed by atoms with Gasteiger partial charge in [0.15, 0.2) is 0 Å². The lowest BCUT2D eigenvalue weighted by Crippen LogP contribution is -2.61. The van der Waals surface area contributed by atoms with E-state index in [9.17, 15) is 44.3 Å². The zero-order valence-corrected chi connectivity index (χ0v) is 11.9. The maximum absolute atomic E-state index is 12.7. The van der Waals surface area contributed by atoms with E-state index < -0.39 is 49.0 Å². The van der Waals surface area contributed by atoms with Gasteiger partial charge in [-0.2, -0.15) is 39.5 Å². The summed E-state index contributed by atoms with van der Waals surface area (Å²) in [6.07, 6.45) is -11.9. The molecule has 0 rings (SSSR count). The molecule has 4 nitrogen and oxygen atoms in total. The van der Waals surface area contributed by atoms with Crippen molar-refractivity contribution in [3.63, 3.8) is 0 Å². The number of aliphatic hydroxyl groups is 2. The van der Waals surface area contributed by atoms with E-state index in [-0.39, 0.29) is 5.57 Å². The molecular weight excluding hydrogens is 367 g/mol. The van der Waals surface area contributed by atoms with E-state index in [0.717, 1.165) is 0 Å². The molecule has 24 heavy (non-hydrogen) atoms. The number of aliphatic hydroxyl groups excluding tert-OH is 2. The molecule has 144 valence electrons.